The molecule has 0 spiro atoms. The van der Waals surface area contributed by atoms with E-state index in [1.54, 1.807) is 17.8 Å². The molecule has 0 amide bonds. The first-order chi connectivity index (χ1) is 7.67. The molecular formula is C12H18FNOS. The van der Waals surface area contributed by atoms with Crippen LogP contribution < -0.4 is 10.5 Å². The molecule has 0 saturated heterocycles. The number of nitrogens with two attached hydrogens (primary N) is 1. The number of thioether (sulfide) groups is 1. The molecule has 1 aromatic rings. The molecule has 4 heteroatoms. The molecule has 0 aliphatic rings. The Labute approximate surface area is 100 Å². The van der Waals surface area contributed by atoms with Crippen molar-refractivity contribution in [3.63, 3.8) is 0 Å². The average molecular weight is 243 g/mol. The fourth-order valence-electron chi connectivity index (χ4n) is 1.25. The number of benzene rings is 1. The monoisotopic (exact) mass is 243 g/mol. The number of halogens is 1. The lowest BCUT2D eigenvalue weighted by Gasteiger charge is -2.08. The molecule has 2 N–H and O–H groups in total. The number of rotatable bonds is 6. The van der Waals surface area contributed by atoms with Gasteiger partial charge in [-0.1, -0.05) is 13.0 Å². The van der Waals surface area contributed by atoms with E-state index in [1.165, 1.54) is 13.2 Å². The highest BCUT2D eigenvalue weighted by atomic mass is 32.2. The van der Waals surface area contributed by atoms with Gasteiger partial charge in [-0.2, -0.15) is 11.8 Å². The molecule has 0 radical (unpaired) electrons. The largest absolute Gasteiger partial charge is 0.494 e. The second-order valence-corrected chi connectivity index (χ2v) is 4.86. The summed E-state index contributed by atoms with van der Waals surface area (Å²) >= 11 is 1.77. The Balaban J connectivity index is 2.46. The van der Waals surface area contributed by atoms with E-state index in [4.69, 9.17) is 10.5 Å². The smallest absolute Gasteiger partial charge is 0.165 e. The molecule has 0 heterocycles. The van der Waals surface area contributed by atoms with E-state index in [2.05, 4.69) is 6.92 Å². The van der Waals surface area contributed by atoms with Gasteiger partial charge in [0.25, 0.3) is 0 Å². The summed E-state index contributed by atoms with van der Waals surface area (Å²) in [4.78, 5) is 0. The summed E-state index contributed by atoms with van der Waals surface area (Å²) in [5, 5.41) is 0. The van der Waals surface area contributed by atoms with Crippen LogP contribution in [0.15, 0.2) is 18.2 Å². The average Bonchev–Trinajstić information content (AvgIpc) is 2.29. The first-order valence-corrected chi connectivity index (χ1v) is 6.43. The molecule has 16 heavy (non-hydrogen) atoms. The standard InChI is InChI=1S/C12H18FNOS/c1-9(6-14)7-16-8-10-3-4-12(15-2)11(13)5-10/h3-5,9H,6-8,14H2,1-2H3. The highest BCUT2D eigenvalue weighted by Crippen LogP contribution is 2.21. The fourth-order valence-corrected chi connectivity index (χ4v) is 2.32. The summed E-state index contributed by atoms with van der Waals surface area (Å²) in [6, 6.07) is 5.08. The Morgan fingerprint density at radius 2 is 2.25 bits per heavy atom. The van der Waals surface area contributed by atoms with Crippen LogP contribution in [0, 0.1) is 11.7 Å². The highest BCUT2D eigenvalue weighted by molar-refractivity contribution is 7.98. The van der Waals surface area contributed by atoms with Crippen LogP contribution in [0.2, 0.25) is 0 Å². The van der Waals surface area contributed by atoms with E-state index in [0.29, 0.717) is 18.2 Å². The van der Waals surface area contributed by atoms with Crippen molar-refractivity contribution >= 4 is 11.8 Å². The molecule has 1 rings (SSSR count). The van der Waals surface area contributed by atoms with E-state index < -0.39 is 0 Å². The second-order valence-electron chi connectivity index (χ2n) is 3.82. The summed E-state index contributed by atoms with van der Waals surface area (Å²) in [5.74, 6) is 2.32. The zero-order chi connectivity index (χ0) is 12.0. The summed E-state index contributed by atoms with van der Waals surface area (Å²) in [5.41, 5.74) is 6.50. The van der Waals surface area contributed by atoms with Gasteiger partial charge in [0, 0.05) is 5.75 Å². The normalized spacial score (nSPS) is 12.5. The second kappa shape index (κ2) is 6.76. The molecule has 2 nitrogen and oxygen atoms in total. The third-order valence-corrected chi connectivity index (χ3v) is 3.63. The van der Waals surface area contributed by atoms with Crippen molar-refractivity contribution in [2.45, 2.75) is 12.7 Å². The van der Waals surface area contributed by atoms with Crippen LogP contribution in [0.1, 0.15) is 12.5 Å². The molecule has 0 bridgehead atoms. The molecule has 0 fully saturated rings. The van der Waals surface area contributed by atoms with Crippen molar-refractivity contribution in [3.8, 4) is 5.75 Å². The van der Waals surface area contributed by atoms with Gasteiger partial charge >= 0.3 is 0 Å². The lowest BCUT2D eigenvalue weighted by atomic mass is 10.2. The maximum atomic E-state index is 13.3. The molecule has 0 saturated carbocycles. The molecule has 1 atom stereocenters. The minimum Gasteiger partial charge on any atom is -0.494 e. The molecule has 0 aliphatic heterocycles. The molecular weight excluding hydrogens is 225 g/mol. The Hall–Kier alpha value is -0.740. The Kier molecular flexibility index (Phi) is 5.63. The SMILES string of the molecule is COc1ccc(CSCC(C)CN)cc1F. The van der Waals surface area contributed by atoms with Gasteiger partial charge in [0.2, 0.25) is 0 Å². The number of hydrogen-bond donors (Lipinski definition) is 1. The molecule has 90 valence electrons. The predicted octanol–water partition coefficient (Wildman–Crippen LogP) is 2.66. The van der Waals surface area contributed by atoms with Gasteiger partial charge in [0.05, 0.1) is 7.11 Å². The van der Waals surface area contributed by atoms with Crippen LogP contribution in [0.3, 0.4) is 0 Å². The van der Waals surface area contributed by atoms with Crippen LogP contribution in [-0.2, 0) is 5.75 Å². The van der Waals surface area contributed by atoms with Crippen LogP contribution in [0.25, 0.3) is 0 Å². The Morgan fingerprint density at radius 1 is 1.50 bits per heavy atom. The Morgan fingerprint density at radius 3 is 2.81 bits per heavy atom. The van der Waals surface area contributed by atoms with Crippen LogP contribution >= 0.6 is 11.8 Å². The van der Waals surface area contributed by atoms with Crippen LogP contribution in [0.4, 0.5) is 4.39 Å². The van der Waals surface area contributed by atoms with Crippen molar-refractivity contribution in [1.29, 1.82) is 0 Å². The maximum absolute atomic E-state index is 13.3. The van der Waals surface area contributed by atoms with Gasteiger partial charge in [0.15, 0.2) is 11.6 Å². The molecule has 0 aromatic heterocycles. The fraction of sp³-hybridized carbons (Fsp3) is 0.500. The van der Waals surface area contributed by atoms with E-state index in [0.717, 1.165) is 17.1 Å². The number of ether oxygens (including phenoxy) is 1. The van der Waals surface area contributed by atoms with Crippen molar-refractivity contribution < 1.29 is 9.13 Å². The van der Waals surface area contributed by atoms with Crippen molar-refractivity contribution in [3.05, 3.63) is 29.6 Å². The van der Waals surface area contributed by atoms with Gasteiger partial charge in [-0.25, -0.2) is 4.39 Å². The minimum absolute atomic E-state index is 0.295. The van der Waals surface area contributed by atoms with Gasteiger partial charge in [-0.15, -0.1) is 0 Å². The van der Waals surface area contributed by atoms with Crippen LogP contribution in [0.5, 0.6) is 5.75 Å². The van der Waals surface area contributed by atoms with Gasteiger partial charge in [-0.3, -0.25) is 0 Å². The zero-order valence-corrected chi connectivity index (χ0v) is 10.5. The van der Waals surface area contributed by atoms with E-state index in [1.807, 2.05) is 6.07 Å². The third kappa shape index (κ3) is 4.02. The van der Waals surface area contributed by atoms with Gasteiger partial charge < -0.3 is 10.5 Å². The number of hydrogen-bond acceptors (Lipinski definition) is 3. The Bertz CT molecular complexity index is 333. The topological polar surface area (TPSA) is 35.2 Å². The number of methoxy groups -OCH3 is 1. The summed E-state index contributed by atoms with van der Waals surface area (Å²) in [7, 11) is 1.47. The first kappa shape index (κ1) is 13.3. The predicted molar refractivity (Wildman–Crippen MR) is 67.3 cm³/mol. The lowest BCUT2D eigenvalue weighted by molar-refractivity contribution is 0.386. The maximum Gasteiger partial charge on any atom is 0.165 e. The van der Waals surface area contributed by atoms with E-state index >= 15 is 0 Å². The highest BCUT2D eigenvalue weighted by Gasteiger charge is 2.04. The molecule has 1 aromatic carbocycles. The minimum atomic E-state index is -0.299. The van der Waals surface area contributed by atoms with Crippen molar-refractivity contribution in [2.24, 2.45) is 11.7 Å². The van der Waals surface area contributed by atoms with Crippen molar-refractivity contribution in [2.75, 3.05) is 19.4 Å². The zero-order valence-electron chi connectivity index (χ0n) is 9.70. The van der Waals surface area contributed by atoms with Gasteiger partial charge in [-0.05, 0) is 35.9 Å². The van der Waals surface area contributed by atoms with E-state index in [9.17, 15) is 4.39 Å². The molecule has 1 unspecified atom stereocenters. The quantitative estimate of drug-likeness (QED) is 0.834. The first-order valence-electron chi connectivity index (χ1n) is 5.27. The molecule has 0 aliphatic carbocycles. The van der Waals surface area contributed by atoms with Crippen LogP contribution in [-0.4, -0.2) is 19.4 Å². The van der Waals surface area contributed by atoms with E-state index in [-0.39, 0.29) is 5.82 Å². The third-order valence-electron chi connectivity index (χ3n) is 2.29. The summed E-state index contributed by atoms with van der Waals surface area (Å²) in [6.07, 6.45) is 0. The summed E-state index contributed by atoms with van der Waals surface area (Å²) in [6.45, 7) is 2.81. The lowest BCUT2D eigenvalue weighted by Crippen LogP contribution is -2.12. The van der Waals surface area contributed by atoms with Gasteiger partial charge in [0.1, 0.15) is 0 Å². The summed E-state index contributed by atoms with van der Waals surface area (Å²) < 4.78 is 18.2. The van der Waals surface area contributed by atoms with Crippen molar-refractivity contribution in [1.82, 2.24) is 0 Å².